The molecule has 0 aromatic carbocycles. The van der Waals surface area contributed by atoms with Crippen molar-refractivity contribution < 1.29 is 14.8 Å². The minimum atomic E-state index is -0.823. The molecule has 0 amide bonds. The Kier molecular flexibility index (Phi) is 4.44. The molecular formula is C13H20N4O4. The van der Waals surface area contributed by atoms with Crippen LogP contribution in [0.5, 0.6) is 0 Å². The van der Waals surface area contributed by atoms with E-state index in [-0.39, 0.29) is 18.0 Å². The van der Waals surface area contributed by atoms with Crippen LogP contribution in [0.1, 0.15) is 31.9 Å². The smallest absolute Gasteiger partial charge is 0.333 e. The summed E-state index contributed by atoms with van der Waals surface area (Å²) in [5.74, 6) is -0.289. The van der Waals surface area contributed by atoms with Gasteiger partial charge in [-0.25, -0.2) is 4.68 Å². The largest absolute Gasteiger partial charge is 0.481 e. The number of aryl methyl sites for hydroxylation is 2. The molecule has 1 unspecified atom stereocenters. The van der Waals surface area contributed by atoms with Crippen LogP contribution in [0, 0.1) is 23.0 Å². The van der Waals surface area contributed by atoms with Crippen molar-refractivity contribution >= 4 is 17.5 Å². The number of hydrogen-bond donors (Lipinski definition) is 1. The molecule has 2 rings (SSSR count). The van der Waals surface area contributed by atoms with Crippen LogP contribution in [0.15, 0.2) is 0 Å². The van der Waals surface area contributed by atoms with Gasteiger partial charge in [0.25, 0.3) is 0 Å². The third-order valence-electron chi connectivity index (χ3n) is 3.83. The van der Waals surface area contributed by atoms with Gasteiger partial charge in [-0.2, -0.15) is 5.10 Å². The molecule has 0 saturated carbocycles. The van der Waals surface area contributed by atoms with E-state index in [9.17, 15) is 14.9 Å². The first-order chi connectivity index (χ1) is 9.93. The second-order valence-corrected chi connectivity index (χ2v) is 5.38. The van der Waals surface area contributed by atoms with Crippen molar-refractivity contribution in [2.45, 2.75) is 39.7 Å². The van der Waals surface area contributed by atoms with Crippen molar-refractivity contribution in [2.75, 3.05) is 18.0 Å². The molecule has 1 atom stereocenters. The summed E-state index contributed by atoms with van der Waals surface area (Å²) in [5, 5.41) is 24.5. The summed E-state index contributed by atoms with van der Waals surface area (Å²) in [4.78, 5) is 23.7. The first-order valence-corrected chi connectivity index (χ1v) is 7.12. The number of carbonyl (C=O) groups is 1. The summed E-state index contributed by atoms with van der Waals surface area (Å²) in [6.07, 6.45) is 1.78. The summed E-state index contributed by atoms with van der Waals surface area (Å²) in [6.45, 7) is 5.29. The molecule has 0 aliphatic carbocycles. The van der Waals surface area contributed by atoms with Gasteiger partial charge in [0.15, 0.2) is 0 Å². The maximum atomic E-state index is 11.3. The maximum absolute atomic E-state index is 11.3. The number of piperidine rings is 1. The van der Waals surface area contributed by atoms with Crippen LogP contribution in [-0.2, 0) is 11.3 Å². The Balaban J connectivity index is 2.31. The van der Waals surface area contributed by atoms with Crippen LogP contribution < -0.4 is 4.90 Å². The fourth-order valence-electron chi connectivity index (χ4n) is 2.98. The summed E-state index contributed by atoms with van der Waals surface area (Å²) in [6, 6.07) is 0. The zero-order valence-electron chi connectivity index (χ0n) is 12.3. The van der Waals surface area contributed by atoms with Crippen LogP contribution in [-0.4, -0.2) is 38.9 Å². The monoisotopic (exact) mass is 296 g/mol. The molecule has 8 nitrogen and oxygen atoms in total. The molecule has 0 radical (unpaired) electrons. The lowest BCUT2D eigenvalue weighted by molar-refractivity contribution is -0.384. The van der Waals surface area contributed by atoms with E-state index in [0.29, 0.717) is 31.1 Å². The van der Waals surface area contributed by atoms with E-state index in [1.807, 2.05) is 11.8 Å². The van der Waals surface area contributed by atoms with Crippen molar-refractivity contribution in [3.63, 3.8) is 0 Å². The third-order valence-corrected chi connectivity index (χ3v) is 3.83. The number of carboxylic acid groups (broad SMARTS) is 1. The fourth-order valence-corrected chi connectivity index (χ4v) is 2.98. The number of aliphatic carboxylic acids is 1. The first kappa shape index (κ1) is 15.3. The molecule has 8 heteroatoms. The van der Waals surface area contributed by atoms with E-state index < -0.39 is 10.9 Å². The lowest BCUT2D eigenvalue weighted by Gasteiger charge is -2.33. The van der Waals surface area contributed by atoms with Crippen molar-refractivity contribution in [3.8, 4) is 0 Å². The number of anilines is 1. The zero-order chi connectivity index (χ0) is 15.6. The minimum absolute atomic E-state index is 0.0244. The van der Waals surface area contributed by atoms with Crippen LogP contribution in [0.25, 0.3) is 0 Å². The summed E-state index contributed by atoms with van der Waals surface area (Å²) in [5.41, 5.74) is 0.435. The average Bonchev–Trinajstić information content (AvgIpc) is 2.75. The maximum Gasteiger partial charge on any atom is 0.333 e. The van der Waals surface area contributed by atoms with E-state index in [1.165, 1.54) is 0 Å². The summed E-state index contributed by atoms with van der Waals surface area (Å²) in [7, 11) is 0. The minimum Gasteiger partial charge on any atom is -0.481 e. The van der Waals surface area contributed by atoms with Crippen LogP contribution in [0.3, 0.4) is 0 Å². The Morgan fingerprint density at radius 3 is 2.86 bits per heavy atom. The lowest BCUT2D eigenvalue weighted by atomic mass is 9.95. The molecule has 1 saturated heterocycles. The predicted octanol–water partition coefficient (Wildman–Crippen LogP) is 1.81. The topological polar surface area (TPSA) is 101 Å². The number of rotatable bonds is 5. The molecule has 1 aromatic heterocycles. The van der Waals surface area contributed by atoms with E-state index >= 15 is 0 Å². The van der Waals surface area contributed by atoms with Crippen LogP contribution in [0.2, 0.25) is 0 Å². The quantitative estimate of drug-likeness (QED) is 0.656. The van der Waals surface area contributed by atoms with Gasteiger partial charge in [-0.3, -0.25) is 14.9 Å². The number of nitrogens with zero attached hydrogens (tertiary/aromatic N) is 4. The third kappa shape index (κ3) is 3.14. The first-order valence-electron chi connectivity index (χ1n) is 7.12. The van der Waals surface area contributed by atoms with E-state index in [1.54, 1.807) is 11.6 Å². The normalized spacial score (nSPS) is 18.8. The average molecular weight is 296 g/mol. The Hall–Kier alpha value is -2.12. The van der Waals surface area contributed by atoms with Gasteiger partial charge in [-0.1, -0.05) is 0 Å². The van der Waals surface area contributed by atoms with Crippen molar-refractivity contribution in [1.29, 1.82) is 0 Å². The fraction of sp³-hybridized carbons (Fsp3) is 0.692. The second-order valence-electron chi connectivity index (χ2n) is 5.38. The molecule has 1 aromatic rings. The molecule has 1 fully saturated rings. The standard InChI is InChI=1S/C13H20N4O4/c1-3-16-13(12(17(20)21)9(2)14-16)15-6-4-5-10(8-15)7-11(18)19/h10H,3-8H2,1-2H3,(H,18,19). The highest BCUT2D eigenvalue weighted by atomic mass is 16.6. The molecular weight excluding hydrogens is 276 g/mol. The molecule has 1 aliphatic rings. The molecule has 1 N–H and O–H groups in total. The highest BCUT2D eigenvalue weighted by molar-refractivity contribution is 5.67. The van der Waals surface area contributed by atoms with Crippen molar-refractivity contribution in [2.24, 2.45) is 5.92 Å². The number of carboxylic acids is 1. The molecule has 2 heterocycles. The molecule has 21 heavy (non-hydrogen) atoms. The highest BCUT2D eigenvalue weighted by Crippen LogP contribution is 2.34. The molecule has 0 bridgehead atoms. The second kappa shape index (κ2) is 6.11. The van der Waals surface area contributed by atoms with Crippen molar-refractivity contribution in [3.05, 3.63) is 15.8 Å². The Morgan fingerprint density at radius 1 is 1.57 bits per heavy atom. The lowest BCUT2D eigenvalue weighted by Crippen LogP contribution is -2.37. The van der Waals surface area contributed by atoms with Gasteiger partial charge in [0.2, 0.25) is 5.82 Å². The predicted molar refractivity (Wildman–Crippen MR) is 76.5 cm³/mol. The van der Waals surface area contributed by atoms with Crippen LogP contribution >= 0.6 is 0 Å². The number of nitro groups is 1. The van der Waals surface area contributed by atoms with Gasteiger partial charge in [-0.05, 0) is 32.6 Å². The number of aromatic nitrogens is 2. The van der Waals surface area contributed by atoms with Crippen LogP contribution in [0.4, 0.5) is 11.5 Å². The Labute approximate surface area is 122 Å². The van der Waals surface area contributed by atoms with Gasteiger partial charge >= 0.3 is 11.7 Å². The Bertz CT molecular complexity index is 555. The highest BCUT2D eigenvalue weighted by Gasteiger charge is 2.32. The summed E-state index contributed by atoms with van der Waals surface area (Å²) >= 11 is 0. The Morgan fingerprint density at radius 2 is 2.29 bits per heavy atom. The van der Waals surface area contributed by atoms with Gasteiger partial charge in [0.1, 0.15) is 5.69 Å². The molecule has 1 aliphatic heterocycles. The van der Waals surface area contributed by atoms with E-state index in [2.05, 4.69) is 5.10 Å². The van der Waals surface area contributed by atoms with Gasteiger partial charge in [-0.15, -0.1) is 0 Å². The SMILES string of the molecule is CCn1nc(C)c([N+](=O)[O-])c1N1CCCC(CC(=O)O)C1. The number of hydrogen-bond acceptors (Lipinski definition) is 5. The summed E-state index contributed by atoms with van der Waals surface area (Å²) < 4.78 is 1.64. The molecule has 0 spiro atoms. The van der Waals surface area contributed by atoms with Crippen molar-refractivity contribution in [1.82, 2.24) is 9.78 Å². The van der Waals surface area contributed by atoms with E-state index in [4.69, 9.17) is 5.11 Å². The van der Waals surface area contributed by atoms with Gasteiger partial charge < -0.3 is 10.0 Å². The zero-order valence-corrected chi connectivity index (χ0v) is 12.3. The van der Waals surface area contributed by atoms with Gasteiger partial charge in [0, 0.05) is 26.1 Å². The molecule has 116 valence electrons. The van der Waals surface area contributed by atoms with E-state index in [0.717, 1.165) is 12.8 Å². The van der Waals surface area contributed by atoms with Gasteiger partial charge in [0.05, 0.1) is 4.92 Å².